The van der Waals surface area contributed by atoms with Gasteiger partial charge in [0.1, 0.15) is 22.6 Å². The van der Waals surface area contributed by atoms with Gasteiger partial charge < -0.3 is 14.9 Å². The number of phenols is 2. The number of fused-ring (bicyclic) bond motifs is 1. The first-order valence-electron chi connectivity index (χ1n) is 7.31. The van der Waals surface area contributed by atoms with Gasteiger partial charge in [-0.1, -0.05) is 0 Å². The molecule has 0 aliphatic heterocycles. The van der Waals surface area contributed by atoms with Gasteiger partial charge in [-0.25, -0.2) is 23.1 Å². The summed E-state index contributed by atoms with van der Waals surface area (Å²) in [5, 5.41) is 19.8. The van der Waals surface area contributed by atoms with E-state index in [1.54, 1.807) is 42.5 Å². The van der Waals surface area contributed by atoms with Crippen molar-refractivity contribution >= 4 is 11.0 Å². The Labute approximate surface area is 150 Å². The van der Waals surface area contributed by atoms with Crippen molar-refractivity contribution in [1.29, 1.82) is 0 Å². The van der Waals surface area contributed by atoms with Crippen LogP contribution >= 0.6 is 0 Å². The topological polar surface area (TPSA) is 153 Å². The van der Waals surface area contributed by atoms with Gasteiger partial charge in [-0.2, -0.15) is 0 Å². The second-order valence-electron chi connectivity index (χ2n) is 5.01. The third kappa shape index (κ3) is 5.73. The molecule has 0 amide bonds. The molecule has 0 fully saturated rings. The largest absolute Gasteiger partial charge is 0.508 e. The highest BCUT2D eigenvalue weighted by molar-refractivity contribution is 5.86. The Morgan fingerprint density at radius 2 is 1.50 bits per heavy atom. The molecule has 0 atom stereocenters. The molecule has 0 saturated heterocycles. The van der Waals surface area contributed by atoms with Crippen LogP contribution in [0.2, 0.25) is 0 Å². The lowest BCUT2D eigenvalue weighted by Crippen LogP contribution is -2.68. The maximum atomic E-state index is 9.62. The summed E-state index contributed by atoms with van der Waals surface area (Å²) in [5.41, 5.74) is 1.36. The summed E-state index contributed by atoms with van der Waals surface area (Å²) in [6.45, 7) is 2.45. The van der Waals surface area contributed by atoms with Crippen molar-refractivity contribution < 1.29 is 48.2 Å². The van der Waals surface area contributed by atoms with Gasteiger partial charge in [-0.3, -0.25) is 0 Å². The predicted molar refractivity (Wildman–Crippen MR) is 80.6 cm³/mol. The summed E-state index contributed by atoms with van der Waals surface area (Å²) in [6, 6.07) is 13.4. The van der Waals surface area contributed by atoms with E-state index >= 15 is 0 Å². The van der Waals surface area contributed by atoms with E-state index in [1.807, 2.05) is 13.0 Å². The number of phenolic OH excluding ortho intramolecular Hbond substituents is 2. The number of ether oxygens (including phenoxy) is 1. The maximum absolute atomic E-state index is 9.62. The van der Waals surface area contributed by atoms with Gasteiger partial charge in [-0.05, 0) is 43.3 Å². The van der Waals surface area contributed by atoms with Gasteiger partial charge in [0.05, 0.1) is 24.3 Å². The van der Waals surface area contributed by atoms with Crippen LogP contribution in [0.5, 0.6) is 17.2 Å². The minimum absolute atomic E-state index is 0.136. The molecule has 3 aromatic rings. The van der Waals surface area contributed by atoms with Crippen LogP contribution in [-0.4, -0.2) is 16.8 Å². The van der Waals surface area contributed by atoms with Crippen LogP contribution in [-0.2, 0) is 0 Å². The Balaban J connectivity index is 0.000000431. The summed E-state index contributed by atoms with van der Waals surface area (Å²) in [5.74, 6) is 1.64. The Bertz CT molecular complexity index is 868. The van der Waals surface area contributed by atoms with E-state index in [9.17, 15) is 10.2 Å². The summed E-state index contributed by atoms with van der Waals surface area (Å²) < 4.78 is 45.5. The average molecular weight is 383 g/mol. The van der Waals surface area contributed by atoms with Crippen LogP contribution < -0.4 is 23.4 Å². The Kier molecular flexibility index (Phi) is 6.19. The van der Waals surface area contributed by atoms with Crippen molar-refractivity contribution in [2.45, 2.75) is 6.92 Å². The molecule has 138 valence electrons. The lowest BCUT2D eigenvalue weighted by Gasteiger charge is -2.17. The zero-order chi connectivity index (χ0) is 19.3. The minimum Gasteiger partial charge on any atom is -0.508 e. The molecule has 0 aliphatic carbocycles. The molecular weight excluding hydrogens is 368 g/mol. The fraction of sp³-hybridized carbons (Fsp3) is 0.118. The lowest BCUT2D eigenvalue weighted by molar-refractivity contribution is -2.00. The van der Waals surface area contributed by atoms with E-state index in [-0.39, 0.29) is 11.5 Å². The fourth-order valence-electron chi connectivity index (χ4n) is 2.19. The fourth-order valence-corrected chi connectivity index (χ4v) is 2.19. The van der Waals surface area contributed by atoms with Crippen LogP contribution in [0, 0.1) is 10.2 Å². The molecule has 9 heteroatoms. The number of aromatic hydroxyl groups is 2. The first-order valence-corrected chi connectivity index (χ1v) is 8.54. The third-order valence-electron chi connectivity index (χ3n) is 3.16. The molecule has 26 heavy (non-hydrogen) atoms. The zero-order valence-electron chi connectivity index (χ0n) is 13.5. The SMILES string of the molecule is CCOc1cc(-c2ccc(O)cc2)[o+]c2cc(O)ccc12.[O-][Cl+3]([O-])([O-])[O-]. The van der Waals surface area contributed by atoms with Gasteiger partial charge in [0.2, 0.25) is 0 Å². The molecule has 0 saturated carbocycles. The number of hydrogen-bond donors (Lipinski definition) is 2. The summed E-state index contributed by atoms with van der Waals surface area (Å²) in [7, 11) is -4.94. The Morgan fingerprint density at radius 3 is 2.08 bits per heavy atom. The van der Waals surface area contributed by atoms with E-state index in [0.29, 0.717) is 23.7 Å². The highest BCUT2D eigenvalue weighted by atomic mass is 35.7. The van der Waals surface area contributed by atoms with E-state index in [4.69, 9.17) is 27.8 Å². The molecule has 3 rings (SSSR count). The van der Waals surface area contributed by atoms with Crippen molar-refractivity contribution in [1.82, 2.24) is 0 Å². The molecule has 1 heterocycles. The van der Waals surface area contributed by atoms with Crippen molar-refractivity contribution in [3.8, 4) is 28.6 Å². The van der Waals surface area contributed by atoms with E-state index in [1.165, 1.54) is 0 Å². The van der Waals surface area contributed by atoms with E-state index in [2.05, 4.69) is 0 Å². The van der Waals surface area contributed by atoms with Gasteiger partial charge in [0, 0.05) is 0 Å². The molecule has 2 aromatic carbocycles. The number of rotatable bonds is 3. The zero-order valence-corrected chi connectivity index (χ0v) is 14.3. The Hall–Kier alpha value is -2.62. The lowest BCUT2D eigenvalue weighted by atomic mass is 10.1. The van der Waals surface area contributed by atoms with Crippen LogP contribution in [0.4, 0.5) is 0 Å². The van der Waals surface area contributed by atoms with Gasteiger partial charge in [0.15, 0.2) is 0 Å². The average Bonchev–Trinajstić information content (AvgIpc) is 2.53. The third-order valence-corrected chi connectivity index (χ3v) is 3.16. The molecule has 1 aromatic heterocycles. The number of hydrogen-bond acceptors (Lipinski definition) is 7. The van der Waals surface area contributed by atoms with Gasteiger partial charge in [-0.15, -0.1) is 10.2 Å². The number of benzene rings is 2. The summed E-state index contributed by atoms with van der Waals surface area (Å²) in [4.78, 5) is 0. The summed E-state index contributed by atoms with van der Waals surface area (Å²) >= 11 is 0. The Morgan fingerprint density at radius 1 is 0.923 bits per heavy atom. The number of halogens is 1. The maximum Gasteiger partial charge on any atom is 0.368 e. The van der Waals surface area contributed by atoms with Crippen LogP contribution in [0.25, 0.3) is 22.3 Å². The van der Waals surface area contributed by atoms with Crippen molar-refractivity contribution in [3.05, 3.63) is 48.5 Å². The molecule has 0 spiro atoms. The van der Waals surface area contributed by atoms with E-state index < -0.39 is 10.2 Å². The van der Waals surface area contributed by atoms with Crippen molar-refractivity contribution in [2.24, 2.45) is 0 Å². The first-order chi connectivity index (χ1) is 12.2. The predicted octanol–water partition coefficient (Wildman–Crippen LogP) is -0.565. The standard InChI is InChI=1S/C17H14O4.ClHO4/c1-2-20-16-10-15(11-3-5-12(18)6-4-11)21-17-9-13(19)7-8-14(16)17;2-1(3,4)5/h3-10H,2H2,1H3,(H-,18,19);(H,2,3,4,5). The second-order valence-corrected chi connectivity index (χ2v) is 5.77. The monoisotopic (exact) mass is 382 g/mol. The smallest absolute Gasteiger partial charge is 0.368 e. The molecule has 2 N–H and O–H groups in total. The molecular formula is C17H15ClO8. The minimum atomic E-state index is -4.94. The molecule has 0 aliphatic rings. The van der Waals surface area contributed by atoms with Crippen LogP contribution in [0.3, 0.4) is 0 Å². The van der Waals surface area contributed by atoms with Gasteiger partial charge in [0.25, 0.3) is 0 Å². The highest BCUT2D eigenvalue weighted by Crippen LogP contribution is 2.34. The molecule has 8 nitrogen and oxygen atoms in total. The van der Waals surface area contributed by atoms with Crippen molar-refractivity contribution in [3.63, 3.8) is 0 Å². The second kappa shape index (κ2) is 8.17. The van der Waals surface area contributed by atoms with Crippen molar-refractivity contribution in [2.75, 3.05) is 6.61 Å². The molecule has 0 bridgehead atoms. The van der Waals surface area contributed by atoms with Crippen LogP contribution in [0.1, 0.15) is 6.92 Å². The molecule has 0 unspecified atom stereocenters. The van der Waals surface area contributed by atoms with Gasteiger partial charge >= 0.3 is 11.3 Å². The summed E-state index contributed by atoms with van der Waals surface area (Å²) in [6.07, 6.45) is 0. The normalized spacial score (nSPS) is 11.0. The quantitative estimate of drug-likeness (QED) is 0.571. The highest BCUT2D eigenvalue weighted by Gasteiger charge is 2.20. The van der Waals surface area contributed by atoms with E-state index in [0.717, 1.165) is 10.9 Å². The first kappa shape index (κ1) is 19.7. The van der Waals surface area contributed by atoms with Crippen LogP contribution in [0.15, 0.2) is 52.9 Å². The molecule has 0 radical (unpaired) electrons.